The second-order valence-corrected chi connectivity index (χ2v) is 10.0. The van der Waals surface area contributed by atoms with Crippen LogP contribution in [0, 0.1) is 0 Å². The fourth-order valence-corrected chi connectivity index (χ4v) is 5.75. The predicted octanol–water partition coefficient (Wildman–Crippen LogP) is 4.20. The summed E-state index contributed by atoms with van der Waals surface area (Å²) in [7, 11) is -3.92. The van der Waals surface area contributed by atoms with E-state index in [1.54, 1.807) is 56.3 Å². The molecule has 32 heavy (non-hydrogen) atoms. The molecular weight excluding hydrogens is 426 g/mol. The van der Waals surface area contributed by atoms with Crippen molar-refractivity contribution in [1.29, 1.82) is 0 Å². The third-order valence-corrected chi connectivity index (χ3v) is 7.92. The molecule has 2 unspecified atom stereocenters. The zero-order valence-electron chi connectivity index (χ0n) is 17.9. The zero-order chi connectivity index (χ0) is 22.8. The van der Waals surface area contributed by atoms with Crippen LogP contribution in [0.15, 0.2) is 83.8 Å². The van der Waals surface area contributed by atoms with E-state index in [0.29, 0.717) is 23.5 Å². The molecule has 2 atom stereocenters. The van der Waals surface area contributed by atoms with Gasteiger partial charge in [-0.15, -0.1) is 0 Å². The molecule has 0 saturated heterocycles. The van der Waals surface area contributed by atoms with Crippen molar-refractivity contribution in [2.24, 2.45) is 0 Å². The molecule has 0 aliphatic carbocycles. The Morgan fingerprint density at radius 2 is 1.66 bits per heavy atom. The lowest BCUT2D eigenvalue weighted by Gasteiger charge is -2.40. The fourth-order valence-electron chi connectivity index (χ4n) is 3.99. The van der Waals surface area contributed by atoms with Gasteiger partial charge in [-0.25, -0.2) is 8.42 Å². The molecule has 4 rings (SSSR count). The normalized spacial score (nSPS) is 20.2. The largest absolute Gasteiger partial charge is 0.465 e. The number of ether oxygens (including phenoxy) is 2. The second-order valence-electron chi connectivity index (χ2n) is 7.74. The van der Waals surface area contributed by atoms with Gasteiger partial charge in [0.15, 0.2) is 0 Å². The van der Waals surface area contributed by atoms with Gasteiger partial charge >= 0.3 is 5.97 Å². The highest BCUT2D eigenvalue weighted by Gasteiger charge is 2.49. The maximum absolute atomic E-state index is 13.8. The number of hydrogen-bond acceptors (Lipinski definition) is 6. The number of carbonyl (C=O) groups is 1. The number of benzene rings is 3. The van der Waals surface area contributed by atoms with E-state index in [1.807, 2.05) is 36.4 Å². The van der Waals surface area contributed by atoms with Crippen molar-refractivity contribution in [3.05, 3.63) is 90.0 Å². The van der Waals surface area contributed by atoms with Crippen LogP contribution in [0.5, 0.6) is 11.5 Å². The van der Waals surface area contributed by atoms with E-state index in [2.05, 4.69) is 5.32 Å². The van der Waals surface area contributed by atoms with Gasteiger partial charge in [-0.3, -0.25) is 10.1 Å². The Balaban J connectivity index is 1.82. The van der Waals surface area contributed by atoms with Gasteiger partial charge in [-0.05, 0) is 67.8 Å². The van der Waals surface area contributed by atoms with E-state index in [-0.39, 0.29) is 11.5 Å². The van der Waals surface area contributed by atoms with Crippen molar-refractivity contribution in [1.82, 2.24) is 5.32 Å². The molecule has 3 aromatic carbocycles. The molecule has 0 spiro atoms. The smallest absolute Gasteiger partial charge is 0.323 e. The number of esters is 1. The Morgan fingerprint density at radius 3 is 2.31 bits per heavy atom. The molecule has 0 saturated carbocycles. The summed E-state index contributed by atoms with van der Waals surface area (Å²) in [5, 5.41) is 3.08. The van der Waals surface area contributed by atoms with Crippen molar-refractivity contribution in [3.63, 3.8) is 0 Å². The molecule has 0 fully saturated rings. The van der Waals surface area contributed by atoms with Gasteiger partial charge < -0.3 is 9.47 Å². The molecule has 1 aliphatic heterocycles. The summed E-state index contributed by atoms with van der Waals surface area (Å²) in [5.41, 5.74) is 1.31. The summed E-state index contributed by atoms with van der Waals surface area (Å²) in [6, 6.07) is 22.1. The summed E-state index contributed by atoms with van der Waals surface area (Å²) < 4.78 is 38.8. The van der Waals surface area contributed by atoms with Crippen molar-refractivity contribution in [2.75, 3.05) is 6.61 Å². The molecular formula is C25H25NO5S. The van der Waals surface area contributed by atoms with E-state index in [9.17, 15) is 13.2 Å². The Labute approximate surface area is 188 Å². The van der Waals surface area contributed by atoms with E-state index in [1.165, 1.54) is 0 Å². The van der Waals surface area contributed by atoms with Crippen LogP contribution in [-0.2, 0) is 30.7 Å². The van der Waals surface area contributed by atoms with Gasteiger partial charge in [0.25, 0.3) is 0 Å². The van der Waals surface area contributed by atoms with Gasteiger partial charge in [0, 0.05) is 0 Å². The lowest BCUT2D eigenvalue weighted by Crippen LogP contribution is -2.58. The minimum atomic E-state index is -3.92. The van der Waals surface area contributed by atoms with Gasteiger partial charge in [-0.1, -0.05) is 42.5 Å². The average Bonchev–Trinajstić information content (AvgIpc) is 2.80. The van der Waals surface area contributed by atoms with Crippen molar-refractivity contribution in [2.45, 2.75) is 36.1 Å². The first-order chi connectivity index (χ1) is 15.3. The second kappa shape index (κ2) is 8.76. The summed E-state index contributed by atoms with van der Waals surface area (Å²) in [5.74, 6) is 0.686. The number of rotatable bonds is 6. The molecule has 7 heteroatoms. The number of para-hydroxylation sites is 1. The topological polar surface area (TPSA) is 81.7 Å². The number of nitrogens with one attached hydrogen (secondary N) is 1. The van der Waals surface area contributed by atoms with Crippen LogP contribution >= 0.6 is 0 Å². The molecule has 0 aromatic heterocycles. The molecule has 0 radical (unpaired) electrons. The van der Waals surface area contributed by atoms with Crippen LogP contribution in [0.4, 0.5) is 0 Å². The highest BCUT2D eigenvalue weighted by atomic mass is 32.2. The molecule has 6 nitrogen and oxygen atoms in total. The first-order valence-electron chi connectivity index (χ1n) is 10.5. The lowest BCUT2D eigenvalue weighted by molar-refractivity contribution is -0.146. The van der Waals surface area contributed by atoms with Gasteiger partial charge in [0.2, 0.25) is 9.84 Å². The predicted molar refractivity (Wildman–Crippen MR) is 121 cm³/mol. The molecule has 1 heterocycles. The highest BCUT2D eigenvalue weighted by molar-refractivity contribution is 7.92. The van der Waals surface area contributed by atoms with Crippen LogP contribution < -0.4 is 10.1 Å². The van der Waals surface area contributed by atoms with E-state index in [0.717, 1.165) is 5.56 Å². The van der Waals surface area contributed by atoms with Gasteiger partial charge in [-0.2, -0.15) is 0 Å². The number of fused-ring (bicyclic) bond motifs is 1. The average molecular weight is 452 g/mol. The fraction of sp³-hybridized carbons (Fsp3) is 0.240. The minimum Gasteiger partial charge on any atom is -0.465 e. The number of carbonyl (C=O) groups excluding carboxylic acids is 1. The molecule has 166 valence electrons. The van der Waals surface area contributed by atoms with E-state index in [4.69, 9.17) is 9.47 Å². The molecule has 0 bridgehead atoms. The Hall–Kier alpha value is -3.16. The molecule has 1 N–H and O–H groups in total. The van der Waals surface area contributed by atoms with Crippen LogP contribution in [0.2, 0.25) is 0 Å². The maximum atomic E-state index is 13.8. The van der Waals surface area contributed by atoms with E-state index < -0.39 is 26.7 Å². The van der Waals surface area contributed by atoms with Gasteiger partial charge in [0.05, 0.1) is 11.5 Å². The van der Waals surface area contributed by atoms with Crippen molar-refractivity contribution >= 4 is 15.8 Å². The first kappa shape index (κ1) is 22.0. The molecule has 0 amide bonds. The van der Waals surface area contributed by atoms with E-state index >= 15 is 0 Å². The monoisotopic (exact) mass is 451 g/mol. The third-order valence-electron chi connectivity index (χ3n) is 5.61. The van der Waals surface area contributed by atoms with Crippen LogP contribution in [0.3, 0.4) is 0 Å². The van der Waals surface area contributed by atoms with Crippen molar-refractivity contribution < 1.29 is 22.7 Å². The number of sulfone groups is 1. The van der Waals surface area contributed by atoms with Crippen LogP contribution in [0.25, 0.3) is 0 Å². The summed E-state index contributed by atoms with van der Waals surface area (Å²) in [6.45, 7) is 3.53. The minimum absolute atomic E-state index is 0.167. The Bertz CT molecular complexity index is 1210. The Kier molecular flexibility index (Phi) is 6.04. The zero-order valence-corrected chi connectivity index (χ0v) is 18.8. The lowest BCUT2D eigenvalue weighted by atomic mass is 9.90. The van der Waals surface area contributed by atoms with Crippen LogP contribution in [0.1, 0.15) is 25.0 Å². The summed E-state index contributed by atoms with van der Waals surface area (Å²) in [6.07, 6.45) is 0.319. The molecule has 3 aromatic rings. The maximum Gasteiger partial charge on any atom is 0.323 e. The standard InChI is InChI=1S/C25H25NO5S/c1-3-30-24(27)23-16-18-14-15-20(31-19-10-6-4-7-11-19)17-22(18)25(2,26-23)32(28,29)21-12-8-5-9-13-21/h4-15,17,23,26H,3,16H2,1-2H3. The quantitative estimate of drug-likeness (QED) is 0.566. The van der Waals surface area contributed by atoms with Crippen molar-refractivity contribution in [3.8, 4) is 11.5 Å². The van der Waals surface area contributed by atoms with Crippen LogP contribution in [-0.4, -0.2) is 27.0 Å². The first-order valence-corrected chi connectivity index (χ1v) is 11.9. The Morgan fingerprint density at radius 1 is 1.00 bits per heavy atom. The van der Waals surface area contributed by atoms with Gasteiger partial charge in [0.1, 0.15) is 22.4 Å². The molecule has 1 aliphatic rings. The summed E-state index contributed by atoms with van der Waals surface area (Å²) >= 11 is 0. The summed E-state index contributed by atoms with van der Waals surface area (Å²) in [4.78, 5) is 11.2. The third kappa shape index (κ3) is 4.01. The highest BCUT2D eigenvalue weighted by Crippen LogP contribution is 2.41. The number of hydrogen-bond donors (Lipinski definition) is 1. The SMILES string of the molecule is CCOC(=O)C1Cc2ccc(Oc3ccccc3)cc2C(C)(S(=O)(=O)c2ccccc2)N1.